The third kappa shape index (κ3) is 4.83. The van der Waals surface area contributed by atoms with Crippen molar-refractivity contribution in [1.29, 1.82) is 0 Å². The first-order chi connectivity index (χ1) is 9.62. The fourth-order valence-corrected chi connectivity index (χ4v) is 1.87. The SMILES string of the molecule is CCCC[C@H](N)C(=O)Nc1ccc(OCC)c(CO)c1. The molecule has 5 heteroatoms. The summed E-state index contributed by atoms with van der Waals surface area (Å²) >= 11 is 0. The lowest BCUT2D eigenvalue weighted by Gasteiger charge is -2.14. The second-order valence-corrected chi connectivity index (χ2v) is 4.65. The van der Waals surface area contributed by atoms with Gasteiger partial charge in [0.2, 0.25) is 5.91 Å². The van der Waals surface area contributed by atoms with Crippen LogP contribution in [0, 0.1) is 0 Å². The zero-order valence-corrected chi connectivity index (χ0v) is 12.2. The number of ether oxygens (including phenoxy) is 1. The van der Waals surface area contributed by atoms with Crippen LogP contribution in [-0.2, 0) is 11.4 Å². The van der Waals surface area contributed by atoms with Gasteiger partial charge in [-0.3, -0.25) is 4.79 Å². The molecule has 1 aromatic rings. The molecule has 1 atom stereocenters. The average molecular weight is 280 g/mol. The Hall–Kier alpha value is -1.59. The van der Waals surface area contributed by atoms with Gasteiger partial charge in [-0.25, -0.2) is 0 Å². The lowest BCUT2D eigenvalue weighted by atomic mass is 10.1. The van der Waals surface area contributed by atoms with E-state index in [4.69, 9.17) is 10.5 Å². The standard InChI is InChI=1S/C15H24N2O3/c1-3-5-6-13(16)15(19)17-12-7-8-14(20-4-2)11(9-12)10-18/h7-9,13,18H,3-6,10,16H2,1-2H3,(H,17,19)/t13-/m0/s1. The number of aliphatic hydroxyl groups excluding tert-OH is 1. The lowest BCUT2D eigenvalue weighted by Crippen LogP contribution is -2.35. The minimum absolute atomic E-state index is 0.138. The van der Waals surface area contributed by atoms with Gasteiger partial charge in [0.25, 0.3) is 0 Å². The number of unbranched alkanes of at least 4 members (excludes halogenated alkanes) is 1. The first-order valence-corrected chi connectivity index (χ1v) is 7.05. The molecule has 112 valence electrons. The number of aliphatic hydroxyl groups is 1. The zero-order valence-electron chi connectivity index (χ0n) is 12.2. The number of hydrogen-bond donors (Lipinski definition) is 3. The minimum Gasteiger partial charge on any atom is -0.494 e. The Bertz CT molecular complexity index is 435. The smallest absolute Gasteiger partial charge is 0.241 e. The van der Waals surface area contributed by atoms with Crippen LogP contribution in [0.15, 0.2) is 18.2 Å². The van der Waals surface area contributed by atoms with Crippen molar-refractivity contribution in [1.82, 2.24) is 0 Å². The third-order valence-electron chi connectivity index (χ3n) is 3.00. The highest BCUT2D eigenvalue weighted by Gasteiger charge is 2.13. The number of nitrogens with one attached hydrogen (secondary N) is 1. The van der Waals surface area contributed by atoms with Gasteiger partial charge in [0, 0.05) is 11.3 Å². The van der Waals surface area contributed by atoms with Crippen molar-refractivity contribution in [3.05, 3.63) is 23.8 Å². The van der Waals surface area contributed by atoms with Gasteiger partial charge < -0.3 is 20.9 Å². The monoisotopic (exact) mass is 280 g/mol. The summed E-state index contributed by atoms with van der Waals surface area (Å²) in [4.78, 5) is 11.9. The van der Waals surface area contributed by atoms with Crippen LogP contribution >= 0.6 is 0 Å². The van der Waals surface area contributed by atoms with Crippen molar-refractivity contribution in [3.8, 4) is 5.75 Å². The maximum Gasteiger partial charge on any atom is 0.241 e. The Labute approximate surface area is 120 Å². The van der Waals surface area contributed by atoms with E-state index in [1.54, 1.807) is 18.2 Å². The topological polar surface area (TPSA) is 84.6 Å². The van der Waals surface area contributed by atoms with Gasteiger partial charge in [-0.2, -0.15) is 0 Å². The quantitative estimate of drug-likeness (QED) is 0.680. The molecule has 0 aliphatic heterocycles. The van der Waals surface area contributed by atoms with E-state index in [-0.39, 0.29) is 12.5 Å². The van der Waals surface area contributed by atoms with E-state index in [9.17, 15) is 9.90 Å². The van der Waals surface area contributed by atoms with Crippen LogP contribution in [0.4, 0.5) is 5.69 Å². The van der Waals surface area contributed by atoms with E-state index >= 15 is 0 Å². The number of amides is 1. The molecule has 4 N–H and O–H groups in total. The van der Waals surface area contributed by atoms with E-state index in [1.807, 2.05) is 6.92 Å². The summed E-state index contributed by atoms with van der Waals surface area (Å²) in [7, 11) is 0. The summed E-state index contributed by atoms with van der Waals surface area (Å²) in [6.45, 7) is 4.33. The summed E-state index contributed by atoms with van der Waals surface area (Å²) in [5, 5.41) is 12.1. The molecule has 0 saturated heterocycles. The summed E-state index contributed by atoms with van der Waals surface area (Å²) in [5.74, 6) is 0.426. The van der Waals surface area contributed by atoms with E-state index < -0.39 is 6.04 Å². The van der Waals surface area contributed by atoms with Crippen LogP contribution < -0.4 is 15.8 Å². The summed E-state index contributed by atoms with van der Waals surface area (Å²) in [6.07, 6.45) is 2.62. The molecular weight excluding hydrogens is 256 g/mol. The Morgan fingerprint density at radius 1 is 1.45 bits per heavy atom. The van der Waals surface area contributed by atoms with Gasteiger partial charge in [-0.05, 0) is 31.5 Å². The van der Waals surface area contributed by atoms with Gasteiger partial charge in [-0.1, -0.05) is 19.8 Å². The molecule has 0 aliphatic carbocycles. The number of hydrogen-bond acceptors (Lipinski definition) is 4. The van der Waals surface area contributed by atoms with Crippen molar-refractivity contribution in [2.24, 2.45) is 5.73 Å². The van der Waals surface area contributed by atoms with Crippen LogP contribution in [0.3, 0.4) is 0 Å². The molecule has 5 nitrogen and oxygen atoms in total. The molecule has 0 aliphatic rings. The van der Waals surface area contributed by atoms with E-state index in [0.29, 0.717) is 30.0 Å². The van der Waals surface area contributed by atoms with Crippen LogP contribution in [0.2, 0.25) is 0 Å². The maximum absolute atomic E-state index is 11.9. The highest BCUT2D eigenvalue weighted by Crippen LogP contribution is 2.23. The second-order valence-electron chi connectivity index (χ2n) is 4.65. The summed E-state index contributed by atoms with van der Waals surface area (Å²) in [6, 6.07) is 4.69. The molecule has 0 radical (unpaired) electrons. The largest absolute Gasteiger partial charge is 0.494 e. The number of carbonyl (C=O) groups excluding carboxylic acids is 1. The fraction of sp³-hybridized carbons (Fsp3) is 0.533. The number of benzene rings is 1. The van der Waals surface area contributed by atoms with Crippen LogP contribution in [0.5, 0.6) is 5.75 Å². The molecule has 20 heavy (non-hydrogen) atoms. The number of nitrogens with two attached hydrogens (primary N) is 1. The van der Waals surface area contributed by atoms with E-state index in [0.717, 1.165) is 12.8 Å². The predicted octanol–water partition coefficient (Wildman–Crippen LogP) is 2.03. The van der Waals surface area contributed by atoms with Crippen LogP contribution in [0.25, 0.3) is 0 Å². The third-order valence-corrected chi connectivity index (χ3v) is 3.00. The van der Waals surface area contributed by atoms with Gasteiger partial charge in [-0.15, -0.1) is 0 Å². The Balaban J connectivity index is 2.70. The molecule has 0 heterocycles. The Kier molecular flexibility index (Phi) is 7.04. The molecule has 0 saturated carbocycles. The van der Waals surface area contributed by atoms with Crippen LogP contribution in [0.1, 0.15) is 38.7 Å². The molecule has 0 aromatic heterocycles. The average Bonchev–Trinajstić information content (AvgIpc) is 2.46. The number of rotatable bonds is 8. The number of carbonyl (C=O) groups is 1. The highest BCUT2D eigenvalue weighted by molar-refractivity contribution is 5.94. The van der Waals surface area contributed by atoms with Gasteiger partial charge in [0.05, 0.1) is 19.3 Å². The predicted molar refractivity (Wildman–Crippen MR) is 79.7 cm³/mol. The van der Waals surface area contributed by atoms with Gasteiger partial charge >= 0.3 is 0 Å². The van der Waals surface area contributed by atoms with Crippen LogP contribution in [-0.4, -0.2) is 23.7 Å². The molecule has 0 unspecified atom stereocenters. The lowest BCUT2D eigenvalue weighted by molar-refractivity contribution is -0.117. The molecule has 1 rings (SSSR count). The number of anilines is 1. The summed E-state index contributed by atoms with van der Waals surface area (Å²) < 4.78 is 5.39. The Morgan fingerprint density at radius 2 is 2.20 bits per heavy atom. The van der Waals surface area contributed by atoms with E-state index in [2.05, 4.69) is 12.2 Å². The van der Waals surface area contributed by atoms with Gasteiger partial charge in [0.1, 0.15) is 5.75 Å². The maximum atomic E-state index is 11.9. The highest BCUT2D eigenvalue weighted by atomic mass is 16.5. The van der Waals surface area contributed by atoms with E-state index in [1.165, 1.54) is 0 Å². The van der Waals surface area contributed by atoms with Crippen molar-refractivity contribution >= 4 is 11.6 Å². The molecule has 0 bridgehead atoms. The van der Waals surface area contributed by atoms with Gasteiger partial charge in [0.15, 0.2) is 0 Å². The molecular formula is C15H24N2O3. The first-order valence-electron chi connectivity index (χ1n) is 7.05. The van der Waals surface area contributed by atoms with Crippen molar-refractivity contribution in [2.75, 3.05) is 11.9 Å². The second kappa shape index (κ2) is 8.55. The molecule has 0 fully saturated rings. The minimum atomic E-state index is -0.501. The molecule has 1 aromatic carbocycles. The Morgan fingerprint density at radius 3 is 2.80 bits per heavy atom. The normalized spacial score (nSPS) is 12.0. The fourth-order valence-electron chi connectivity index (χ4n) is 1.87. The van der Waals surface area contributed by atoms with Crippen molar-refractivity contribution in [2.45, 2.75) is 45.8 Å². The van der Waals surface area contributed by atoms with Crippen molar-refractivity contribution < 1.29 is 14.6 Å². The molecule has 1 amide bonds. The first kappa shape index (κ1) is 16.5. The summed E-state index contributed by atoms with van der Waals surface area (Å²) in [5.41, 5.74) is 7.08. The molecule has 0 spiro atoms. The van der Waals surface area contributed by atoms with Crippen molar-refractivity contribution in [3.63, 3.8) is 0 Å². The zero-order chi connectivity index (χ0) is 15.0.